The summed E-state index contributed by atoms with van der Waals surface area (Å²) in [6.45, 7) is 1.61. The van der Waals surface area contributed by atoms with Gasteiger partial charge < -0.3 is 10.2 Å². The molecule has 0 amide bonds. The molecule has 1 radical (unpaired) electrons. The molecule has 149 valence electrons. The van der Waals surface area contributed by atoms with E-state index < -0.39 is 26.5 Å². The summed E-state index contributed by atoms with van der Waals surface area (Å²) in [6, 6.07) is 9.54. The van der Waals surface area contributed by atoms with E-state index >= 15 is 0 Å². The van der Waals surface area contributed by atoms with Crippen molar-refractivity contribution in [3.63, 3.8) is 0 Å². The smallest absolute Gasteiger partial charge is 0 e. The van der Waals surface area contributed by atoms with Gasteiger partial charge in [0, 0.05) is 34.3 Å². The molecule has 2 N–H and O–H groups in total. The second kappa shape index (κ2) is 13.6. The molecular weight excluding hydrogens is 563 g/mol. The predicted octanol–water partition coefficient (Wildman–Crippen LogP) is 3.82. The van der Waals surface area contributed by atoms with E-state index in [1.54, 1.807) is 12.1 Å². The van der Waals surface area contributed by atoms with Crippen LogP contribution in [-0.4, -0.2) is 42.7 Å². The molecule has 0 bridgehead atoms. The summed E-state index contributed by atoms with van der Waals surface area (Å²) in [6.07, 6.45) is 0.362. The summed E-state index contributed by atoms with van der Waals surface area (Å²) >= 11 is -2.32. The molecule has 0 spiro atoms. The van der Waals surface area contributed by atoms with Crippen molar-refractivity contribution in [1.82, 2.24) is 4.98 Å². The van der Waals surface area contributed by atoms with Gasteiger partial charge in [-0.2, -0.15) is 0 Å². The van der Waals surface area contributed by atoms with Crippen LogP contribution in [0, 0.1) is 18.8 Å². The molecule has 1 heterocycles. The van der Waals surface area contributed by atoms with Gasteiger partial charge in [0.25, 0.3) is 0 Å². The van der Waals surface area contributed by atoms with Crippen LogP contribution >= 0.6 is 0 Å². The van der Waals surface area contributed by atoms with E-state index in [9.17, 15) is 0 Å². The molecule has 0 aliphatic heterocycles. The molecule has 1 aromatic heterocycles. The molecule has 0 saturated heterocycles. The third-order valence-electron chi connectivity index (χ3n) is 3.24. The molecule has 2 rings (SSSR count). The van der Waals surface area contributed by atoms with Gasteiger partial charge in [-0.1, -0.05) is 0 Å². The van der Waals surface area contributed by atoms with Crippen molar-refractivity contribution in [3.05, 3.63) is 47.7 Å². The molecule has 0 fully saturated rings. The standard InChI is InChI=1S/C19H26GeN.2CH4O.Ir/c1-14(2)11-17-12-19(16-9-7-15(3)8-10-16)21-13-18(17)20(4,5)6;2*1-2;/h7-9,12-14H,11H2,1-6H3;2*2H,1H3;/q-1;;;/i3D3,11D2;;;. The van der Waals surface area contributed by atoms with Crippen molar-refractivity contribution in [2.75, 3.05) is 14.2 Å². The van der Waals surface area contributed by atoms with E-state index in [-0.39, 0.29) is 31.6 Å². The fourth-order valence-electron chi connectivity index (χ4n) is 2.21. The zero-order valence-corrected chi connectivity index (χ0v) is 21.1. The van der Waals surface area contributed by atoms with Gasteiger partial charge in [0.05, 0.1) is 0 Å². The SMILES string of the molecule is CO.CO.[2H]C([2H])([2H])c1c[c-]c(-c2cc(C([2H])([2H])C(C)C)[c]([Ge]([CH3])([CH3])[CH3])cn2)cc1.[Ir]. The van der Waals surface area contributed by atoms with Crippen molar-refractivity contribution in [3.8, 4) is 11.3 Å². The Labute approximate surface area is 183 Å². The maximum atomic E-state index is 8.60. The number of aromatic nitrogens is 1. The van der Waals surface area contributed by atoms with Crippen LogP contribution in [0.4, 0.5) is 0 Å². The third-order valence-corrected chi connectivity index (χ3v) is 7.47. The number of aliphatic hydroxyl groups excluding tert-OH is 2. The average Bonchev–Trinajstić information content (AvgIpc) is 2.69. The monoisotopic (exact) mass is 604 g/mol. The summed E-state index contributed by atoms with van der Waals surface area (Å²) in [5, 5.41) is 14.0. The van der Waals surface area contributed by atoms with E-state index in [1.807, 2.05) is 26.1 Å². The number of benzene rings is 1. The van der Waals surface area contributed by atoms with Crippen LogP contribution in [0.25, 0.3) is 11.3 Å². The Balaban J connectivity index is 0. The van der Waals surface area contributed by atoms with Crippen LogP contribution in [0.15, 0.2) is 30.5 Å². The Morgan fingerprint density at radius 3 is 2.23 bits per heavy atom. The zero-order chi connectivity index (χ0) is 23.9. The number of pyridine rings is 1. The number of hydrogen-bond acceptors (Lipinski definition) is 3. The first-order chi connectivity index (χ1) is 13.7. The van der Waals surface area contributed by atoms with Crippen LogP contribution in [0.5, 0.6) is 0 Å². The van der Waals surface area contributed by atoms with Gasteiger partial charge in [0.1, 0.15) is 0 Å². The van der Waals surface area contributed by atoms with Crippen LogP contribution in [0.2, 0.25) is 17.3 Å². The molecule has 0 aliphatic rings. The normalized spacial score (nSPS) is 14.0. The van der Waals surface area contributed by atoms with Gasteiger partial charge in [-0.3, -0.25) is 0 Å². The Morgan fingerprint density at radius 2 is 1.81 bits per heavy atom. The second-order valence-corrected chi connectivity index (χ2v) is 17.2. The summed E-state index contributed by atoms with van der Waals surface area (Å²) in [5.41, 5.74) is 2.24. The Hall–Kier alpha value is -0.518. The van der Waals surface area contributed by atoms with Crippen LogP contribution in [-0.2, 0) is 26.5 Å². The van der Waals surface area contributed by atoms with E-state index in [0.29, 0.717) is 16.8 Å². The molecule has 1 aromatic carbocycles. The molecule has 0 unspecified atom stereocenters. The summed E-state index contributed by atoms with van der Waals surface area (Å²) in [7, 11) is 2.00. The first-order valence-corrected chi connectivity index (χ1v) is 15.5. The van der Waals surface area contributed by atoms with E-state index in [4.69, 9.17) is 17.1 Å². The van der Waals surface area contributed by atoms with Crippen LogP contribution in [0.1, 0.15) is 31.8 Å². The topological polar surface area (TPSA) is 53.4 Å². The van der Waals surface area contributed by atoms with Crippen molar-refractivity contribution in [1.29, 1.82) is 0 Å². The minimum Gasteiger partial charge on any atom is 0 e. The van der Waals surface area contributed by atoms with Crippen molar-refractivity contribution < 1.29 is 37.2 Å². The minimum atomic E-state index is -2.32. The van der Waals surface area contributed by atoms with Crippen molar-refractivity contribution >= 4 is 17.7 Å². The Kier molecular flexibility index (Phi) is 9.86. The zero-order valence-electron chi connectivity index (χ0n) is 21.6. The van der Waals surface area contributed by atoms with Gasteiger partial charge in [-0.25, -0.2) is 0 Å². The Bertz CT molecular complexity index is 792. The fraction of sp³-hybridized carbons (Fsp3) is 0.476. The Morgan fingerprint density at radius 1 is 1.19 bits per heavy atom. The van der Waals surface area contributed by atoms with Gasteiger partial charge in [-0.05, 0) is 0 Å². The molecule has 26 heavy (non-hydrogen) atoms. The molecule has 3 nitrogen and oxygen atoms in total. The predicted molar refractivity (Wildman–Crippen MR) is 111 cm³/mol. The van der Waals surface area contributed by atoms with Crippen molar-refractivity contribution in [2.24, 2.45) is 5.92 Å². The first-order valence-electron chi connectivity index (χ1n) is 10.7. The van der Waals surface area contributed by atoms with Crippen LogP contribution < -0.4 is 4.40 Å². The fourth-order valence-corrected chi connectivity index (χ4v) is 5.16. The number of rotatable bonds is 4. The van der Waals surface area contributed by atoms with E-state index in [0.717, 1.165) is 18.6 Å². The van der Waals surface area contributed by atoms with Crippen LogP contribution in [0.3, 0.4) is 0 Å². The third kappa shape index (κ3) is 8.92. The summed E-state index contributed by atoms with van der Waals surface area (Å²) in [5.74, 6) is 6.53. The minimum absolute atomic E-state index is 0. The summed E-state index contributed by atoms with van der Waals surface area (Å²) < 4.78 is 40.7. The van der Waals surface area contributed by atoms with Gasteiger partial charge in [0.2, 0.25) is 0 Å². The number of hydrogen-bond donors (Lipinski definition) is 2. The average molecular weight is 602 g/mol. The quantitative estimate of drug-likeness (QED) is 0.414. The molecule has 5 heteroatoms. The molecule has 0 aliphatic carbocycles. The van der Waals surface area contributed by atoms with Gasteiger partial charge >= 0.3 is 139 Å². The number of aryl methyl sites for hydroxylation is 1. The first kappa shape index (κ1) is 18.8. The maximum absolute atomic E-state index is 8.60. The molecule has 0 saturated carbocycles. The summed E-state index contributed by atoms with van der Waals surface area (Å²) in [4.78, 5) is 4.55. The molecule has 2 aromatic rings. The molecular formula is C21H34GeIrNO2-. The molecule has 0 atom stereocenters. The van der Waals surface area contributed by atoms with E-state index in [1.165, 1.54) is 6.07 Å². The largest absolute Gasteiger partial charge is 0 e. The van der Waals surface area contributed by atoms with Gasteiger partial charge in [0.15, 0.2) is 0 Å². The number of aliphatic hydroxyl groups is 2. The number of nitrogens with zero attached hydrogens (tertiary/aromatic N) is 1. The van der Waals surface area contributed by atoms with E-state index in [2.05, 4.69) is 28.3 Å². The van der Waals surface area contributed by atoms with Crippen molar-refractivity contribution in [2.45, 2.75) is 44.3 Å². The second-order valence-electron chi connectivity index (χ2n) is 6.66. The maximum Gasteiger partial charge on any atom is 0 e. The van der Waals surface area contributed by atoms with Gasteiger partial charge in [-0.15, -0.1) is 0 Å².